The summed E-state index contributed by atoms with van der Waals surface area (Å²) in [7, 11) is 1.49. The van der Waals surface area contributed by atoms with Crippen LogP contribution in [0.1, 0.15) is 5.56 Å². The minimum atomic E-state index is -1.10. The van der Waals surface area contributed by atoms with E-state index in [1.165, 1.54) is 7.11 Å². The van der Waals surface area contributed by atoms with E-state index in [4.69, 9.17) is 32.7 Å². The standard InChI is InChI=1S/C16H14Cl2O4/c1-21-12-7-2-3-8-13(12)22-14(16(19)20)9-10-5-4-6-11(17)15(10)18/h2-8,14H,9H2,1H3,(H,19,20)/t14-/m0/s1. The Balaban J connectivity index is 2.24. The quantitative estimate of drug-likeness (QED) is 0.860. The first-order chi connectivity index (χ1) is 10.5. The van der Waals surface area contributed by atoms with Crippen LogP contribution < -0.4 is 9.47 Å². The molecule has 116 valence electrons. The summed E-state index contributed by atoms with van der Waals surface area (Å²) in [5, 5.41) is 10.1. The zero-order valence-corrected chi connectivity index (χ0v) is 13.3. The molecule has 0 radical (unpaired) electrons. The second-order valence-electron chi connectivity index (χ2n) is 4.51. The minimum absolute atomic E-state index is 0.0901. The van der Waals surface area contributed by atoms with E-state index in [0.717, 1.165) is 0 Å². The highest BCUT2D eigenvalue weighted by Gasteiger charge is 2.23. The van der Waals surface area contributed by atoms with Crippen molar-refractivity contribution in [2.75, 3.05) is 7.11 Å². The molecular formula is C16H14Cl2O4. The van der Waals surface area contributed by atoms with Crippen molar-refractivity contribution in [1.29, 1.82) is 0 Å². The molecule has 0 saturated heterocycles. The number of carbonyl (C=O) groups is 1. The average molecular weight is 341 g/mol. The van der Waals surface area contributed by atoms with Crippen LogP contribution in [0, 0.1) is 0 Å². The molecule has 1 atom stereocenters. The molecule has 0 fully saturated rings. The summed E-state index contributed by atoms with van der Waals surface area (Å²) in [5.41, 5.74) is 0.608. The van der Waals surface area contributed by atoms with Crippen LogP contribution in [0.3, 0.4) is 0 Å². The fourth-order valence-electron chi connectivity index (χ4n) is 1.95. The van der Waals surface area contributed by atoms with Crippen LogP contribution in [-0.2, 0) is 11.2 Å². The molecule has 2 rings (SSSR count). The SMILES string of the molecule is COc1ccccc1O[C@@H](Cc1cccc(Cl)c1Cl)C(=O)O. The van der Waals surface area contributed by atoms with Gasteiger partial charge in [0.25, 0.3) is 0 Å². The Hall–Kier alpha value is -1.91. The Bertz CT molecular complexity index is 673. The molecule has 0 amide bonds. The van der Waals surface area contributed by atoms with Crippen molar-refractivity contribution in [3.05, 3.63) is 58.1 Å². The zero-order chi connectivity index (χ0) is 16.1. The number of para-hydroxylation sites is 2. The molecule has 0 aliphatic carbocycles. The lowest BCUT2D eigenvalue weighted by molar-refractivity contribution is -0.145. The molecule has 0 bridgehead atoms. The molecule has 0 unspecified atom stereocenters. The Morgan fingerprint density at radius 3 is 2.45 bits per heavy atom. The third-order valence-electron chi connectivity index (χ3n) is 3.05. The van der Waals surface area contributed by atoms with Gasteiger partial charge in [-0.2, -0.15) is 0 Å². The molecule has 4 nitrogen and oxygen atoms in total. The van der Waals surface area contributed by atoms with Gasteiger partial charge in [0.1, 0.15) is 0 Å². The summed E-state index contributed by atoms with van der Waals surface area (Å²) in [5.74, 6) is -0.275. The number of aliphatic carboxylic acids is 1. The third-order valence-corrected chi connectivity index (χ3v) is 3.91. The summed E-state index contributed by atoms with van der Waals surface area (Å²) < 4.78 is 10.7. The highest BCUT2D eigenvalue weighted by atomic mass is 35.5. The molecule has 0 aliphatic heterocycles. The van der Waals surface area contributed by atoms with E-state index in [9.17, 15) is 9.90 Å². The van der Waals surface area contributed by atoms with Gasteiger partial charge < -0.3 is 14.6 Å². The van der Waals surface area contributed by atoms with E-state index in [0.29, 0.717) is 27.1 Å². The van der Waals surface area contributed by atoms with Crippen molar-refractivity contribution >= 4 is 29.2 Å². The van der Waals surface area contributed by atoms with E-state index in [1.807, 2.05) is 0 Å². The summed E-state index contributed by atoms with van der Waals surface area (Å²) in [6.45, 7) is 0. The van der Waals surface area contributed by atoms with E-state index in [2.05, 4.69) is 0 Å². The first-order valence-corrected chi connectivity index (χ1v) is 7.24. The number of rotatable bonds is 6. The van der Waals surface area contributed by atoms with Crippen molar-refractivity contribution in [2.45, 2.75) is 12.5 Å². The van der Waals surface area contributed by atoms with Crippen molar-refractivity contribution in [3.63, 3.8) is 0 Å². The van der Waals surface area contributed by atoms with E-state index < -0.39 is 12.1 Å². The molecule has 0 heterocycles. The predicted molar refractivity (Wildman–Crippen MR) is 85.2 cm³/mol. The van der Waals surface area contributed by atoms with Crippen LogP contribution in [0.5, 0.6) is 11.5 Å². The molecular weight excluding hydrogens is 327 g/mol. The monoisotopic (exact) mass is 340 g/mol. The molecule has 6 heteroatoms. The fraction of sp³-hybridized carbons (Fsp3) is 0.188. The van der Waals surface area contributed by atoms with Crippen molar-refractivity contribution < 1.29 is 19.4 Å². The van der Waals surface area contributed by atoms with Gasteiger partial charge in [-0.25, -0.2) is 4.79 Å². The number of ether oxygens (including phenoxy) is 2. The lowest BCUT2D eigenvalue weighted by atomic mass is 10.1. The molecule has 2 aromatic rings. The second kappa shape index (κ2) is 7.38. The second-order valence-corrected chi connectivity index (χ2v) is 5.30. The fourth-order valence-corrected chi connectivity index (χ4v) is 2.35. The zero-order valence-electron chi connectivity index (χ0n) is 11.8. The van der Waals surface area contributed by atoms with Gasteiger partial charge >= 0.3 is 5.97 Å². The van der Waals surface area contributed by atoms with Gasteiger partial charge in [0, 0.05) is 6.42 Å². The number of halogens is 2. The maximum absolute atomic E-state index is 11.5. The molecule has 0 aliphatic rings. The van der Waals surface area contributed by atoms with Gasteiger partial charge in [0.05, 0.1) is 17.2 Å². The van der Waals surface area contributed by atoms with Gasteiger partial charge in [-0.15, -0.1) is 0 Å². The topological polar surface area (TPSA) is 55.8 Å². The molecule has 0 saturated carbocycles. The Morgan fingerprint density at radius 2 is 1.82 bits per heavy atom. The number of benzene rings is 2. The summed E-state index contributed by atoms with van der Waals surface area (Å²) in [4.78, 5) is 11.5. The summed E-state index contributed by atoms with van der Waals surface area (Å²) >= 11 is 12.0. The molecule has 0 spiro atoms. The van der Waals surface area contributed by atoms with Gasteiger partial charge in [0.2, 0.25) is 0 Å². The van der Waals surface area contributed by atoms with Gasteiger partial charge in [-0.3, -0.25) is 0 Å². The lowest BCUT2D eigenvalue weighted by Gasteiger charge is -2.18. The summed E-state index contributed by atoms with van der Waals surface area (Å²) in [6.07, 6.45) is -1.01. The van der Waals surface area contributed by atoms with Crippen molar-refractivity contribution in [1.82, 2.24) is 0 Å². The van der Waals surface area contributed by atoms with E-state index in [-0.39, 0.29) is 6.42 Å². The van der Waals surface area contributed by atoms with E-state index >= 15 is 0 Å². The number of hydrogen-bond acceptors (Lipinski definition) is 3. The van der Waals surface area contributed by atoms with Gasteiger partial charge in [-0.05, 0) is 23.8 Å². The van der Waals surface area contributed by atoms with Crippen LogP contribution in [0.25, 0.3) is 0 Å². The van der Waals surface area contributed by atoms with Gasteiger partial charge in [-0.1, -0.05) is 47.5 Å². The normalized spacial score (nSPS) is 11.8. The Labute approximate surface area is 138 Å². The first kappa shape index (κ1) is 16.5. The van der Waals surface area contributed by atoms with Crippen molar-refractivity contribution in [2.24, 2.45) is 0 Å². The molecule has 0 aromatic heterocycles. The van der Waals surface area contributed by atoms with Crippen LogP contribution in [0.15, 0.2) is 42.5 Å². The number of carboxylic acid groups (broad SMARTS) is 1. The highest BCUT2D eigenvalue weighted by molar-refractivity contribution is 6.42. The minimum Gasteiger partial charge on any atom is -0.493 e. The van der Waals surface area contributed by atoms with Crippen molar-refractivity contribution in [3.8, 4) is 11.5 Å². The maximum atomic E-state index is 11.5. The van der Waals surface area contributed by atoms with Gasteiger partial charge in [0.15, 0.2) is 17.6 Å². The average Bonchev–Trinajstić information content (AvgIpc) is 2.51. The lowest BCUT2D eigenvalue weighted by Crippen LogP contribution is -2.29. The number of methoxy groups -OCH3 is 1. The smallest absolute Gasteiger partial charge is 0.345 e. The number of hydrogen-bond donors (Lipinski definition) is 1. The summed E-state index contributed by atoms with van der Waals surface area (Å²) in [6, 6.07) is 11.9. The first-order valence-electron chi connectivity index (χ1n) is 6.48. The van der Waals surface area contributed by atoms with Crippen LogP contribution >= 0.6 is 23.2 Å². The highest BCUT2D eigenvalue weighted by Crippen LogP contribution is 2.30. The van der Waals surface area contributed by atoms with Crippen LogP contribution in [0.2, 0.25) is 10.0 Å². The van der Waals surface area contributed by atoms with E-state index in [1.54, 1.807) is 42.5 Å². The predicted octanol–water partition coefficient (Wildman–Crippen LogP) is 4.08. The van der Waals surface area contributed by atoms with Crippen LogP contribution in [0.4, 0.5) is 0 Å². The van der Waals surface area contributed by atoms with Crippen LogP contribution in [-0.4, -0.2) is 24.3 Å². The largest absolute Gasteiger partial charge is 0.493 e. The number of carboxylic acids is 1. The molecule has 22 heavy (non-hydrogen) atoms. The molecule has 1 N–H and O–H groups in total. The third kappa shape index (κ3) is 3.84. The Kier molecular flexibility index (Phi) is 5.52. The Morgan fingerprint density at radius 1 is 1.14 bits per heavy atom. The molecule has 2 aromatic carbocycles. The maximum Gasteiger partial charge on any atom is 0.345 e.